The Balaban J connectivity index is 1.77. The van der Waals surface area contributed by atoms with Crippen LogP contribution in [0.25, 0.3) is 0 Å². The summed E-state index contributed by atoms with van der Waals surface area (Å²) in [4.78, 5) is 13.8. The van der Waals surface area contributed by atoms with E-state index in [9.17, 15) is 23.1 Å². The van der Waals surface area contributed by atoms with E-state index in [0.717, 1.165) is 6.07 Å². The van der Waals surface area contributed by atoms with E-state index in [1.807, 2.05) is 0 Å². The monoisotopic (exact) mass is 371 g/mol. The number of alkyl halides is 3. The molecule has 0 radical (unpaired) electrons. The Kier molecular flexibility index (Phi) is 4.50. The minimum absolute atomic E-state index is 0.00529. The largest absolute Gasteiger partial charge is 0.444 e. The molecule has 0 aromatic heterocycles. The molecule has 144 valence electrons. The second-order valence-corrected chi connectivity index (χ2v) is 8.29. The fourth-order valence-corrected chi connectivity index (χ4v) is 4.03. The minimum atomic E-state index is -4.49. The molecule has 1 aliphatic heterocycles. The summed E-state index contributed by atoms with van der Waals surface area (Å²) in [5, 5.41) is 10.8. The number of halogens is 3. The van der Waals surface area contributed by atoms with Gasteiger partial charge in [0.2, 0.25) is 0 Å². The average molecular weight is 371 g/mol. The molecular formula is C19H24F3NO3. The number of likely N-dealkylation sites (tertiary alicyclic amines) is 1. The van der Waals surface area contributed by atoms with Crippen molar-refractivity contribution in [1.82, 2.24) is 4.90 Å². The molecule has 1 saturated heterocycles. The van der Waals surface area contributed by atoms with Crippen LogP contribution < -0.4 is 0 Å². The van der Waals surface area contributed by atoms with Crippen LogP contribution in [0, 0.1) is 5.41 Å². The van der Waals surface area contributed by atoms with E-state index in [1.54, 1.807) is 31.7 Å². The van der Waals surface area contributed by atoms with E-state index in [1.165, 1.54) is 6.07 Å². The molecule has 1 aromatic carbocycles. The number of carbonyl (C=O) groups excluding carboxylic acids is 1. The van der Waals surface area contributed by atoms with Crippen molar-refractivity contribution in [2.45, 2.75) is 57.9 Å². The molecule has 1 fully saturated rings. The maximum absolute atomic E-state index is 13.3. The minimum Gasteiger partial charge on any atom is -0.444 e. The van der Waals surface area contributed by atoms with E-state index < -0.39 is 35.0 Å². The van der Waals surface area contributed by atoms with Crippen molar-refractivity contribution in [1.29, 1.82) is 0 Å². The molecule has 0 saturated carbocycles. The fraction of sp³-hybridized carbons (Fsp3) is 0.632. The zero-order valence-corrected chi connectivity index (χ0v) is 15.2. The van der Waals surface area contributed by atoms with Crippen molar-refractivity contribution in [2.75, 3.05) is 13.1 Å². The molecule has 7 heteroatoms. The van der Waals surface area contributed by atoms with Crippen molar-refractivity contribution in [3.8, 4) is 0 Å². The lowest BCUT2D eigenvalue weighted by atomic mass is 9.74. The Morgan fingerprint density at radius 3 is 2.38 bits per heavy atom. The van der Waals surface area contributed by atoms with Crippen LogP contribution in [0.4, 0.5) is 18.0 Å². The SMILES string of the molecule is CC(C)(C)OC(=O)N1CCC2(CC1)Cc1cccc(C(F)(F)F)c1C2O. The Labute approximate surface area is 150 Å². The Morgan fingerprint density at radius 1 is 1.23 bits per heavy atom. The first-order valence-corrected chi connectivity index (χ1v) is 8.78. The van der Waals surface area contributed by atoms with Crippen LogP contribution in [0.1, 0.15) is 56.4 Å². The predicted octanol–water partition coefficient (Wildman–Crippen LogP) is 4.31. The third kappa shape index (κ3) is 3.41. The maximum atomic E-state index is 13.3. The summed E-state index contributed by atoms with van der Waals surface area (Å²) < 4.78 is 45.3. The third-order valence-corrected chi connectivity index (χ3v) is 5.31. The summed E-state index contributed by atoms with van der Waals surface area (Å²) in [5.41, 5.74) is -1.45. The van der Waals surface area contributed by atoms with Crippen LogP contribution in [0.2, 0.25) is 0 Å². The van der Waals surface area contributed by atoms with Gasteiger partial charge in [0.05, 0.1) is 11.7 Å². The van der Waals surface area contributed by atoms with E-state index in [-0.39, 0.29) is 5.56 Å². The maximum Gasteiger partial charge on any atom is 0.416 e. The Hall–Kier alpha value is -1.76. The first-order valence-electron chi connectivity index (χ1n) is 8.78. The molecule has 1 unspecified atom stereocenters. The van der Waals surface area contributed by atoms with Gasteiger partial charge in [0.15, 0.2) is 0 Å². The van der Waals surface area contributed by atoms with E-state index in [0.29, 0.717) is 37.9 Å². The highest BCUT2D eigenvalue weighted by Crippen LogP contribution is 2.54. The summed E-state index contributed by atoms with van der Waals surface area (Å²) in [6, 6.07) is 4.07. The van der Waals surface area contributed by atoms with Crippen LogP contribution in [0.3, 0.4) is 0 Å². The second-order valence-electron chi connectivity index (χ2n) is 8.29. The van der Waals surface area contributed by atoms with Crippen LogP contribution in [0.5, 0.6) is 0 Å². The summed E-state index contributed by atoms with van der Waals surface area (Å²) in [7, 11) is 0. The first-order chi connectivity index (χ1) is 11.9. The van der Waals surface area contributed by atoms with Gasteiger partial charge in [0.25, 0.3) is 0 Å². The second kappa shape index (κ2) is 6.15. The molecule has 1 spiro atoms. The molecule has 1 aliphatic carbocycles. The molecule has 3 rings (SSSR count). The van der Waals surface area contributed by atoms with Gasteiger partial charge in [-0.3, -0.25) is 0 Å². The van der Waals surface area contributed by atoms with E-state index in [2.05, 4.69) is 0 Å². The number of piperidine rings is 1. The van der Waals surface area contributed by atoms with Crippen LogP contribution >= 0.6 is 0 Å². The molecule has 1 heterocycles. The molecule has 26 heavy (non-hydrogen) atoms. The van der Waals surface area contributed by atoms with E-state index in [4.69, 9.17) is 4.74 Å². The number of nitrogens with zero attached hydrogens (tertiary/aromatic N) is 1. The molecule has 1 aromatic rings. The van der Waals surface area contributed by atoms with Gasteiger partial charge in [-0.05, 0) is 57.2 Å². The molecule has 1 atom stereocenters. The highest BCUT2D eigenvalue weighted by Gasteiger charge is 2.51. The van der Waals surface area contributed by atoms with Gasteiger partial charge in [-0.1, -0.05) is 12.1 Å². The molecule has 2 aliphatic rings. The quantitative estimate of drug-likeness (QED) is 0.739. The van der Waals surface area contributed by atoms with Gasteiger partial charge >= 0.3 is 12.3 Å². The highest BCUT2D eigenvalue weighted by molar-refractivity contribution is 5.68. The lowest BCUT2D eigenvalue weighted by Crippen LogP contribution is -2.46. The molecule has 1 amide bonds. The standard InChI is InChI=1S/C19H24F3NO3/c1-17(2,3)26-16(25)23-9-7-18(8-10-23)11-12-5-4-6-13(19(20,21)22)14(12)15(18)24/h4-6,15,24H,7-11H2,1-3H3. The van der Waals surface area contributed by atoms with Gasteiger partial charge in [0.1, 0.15) is 5.60 Å². The van der Waals surface area contributed by atoms with Crippen molar-refractivity contribution in [2.24, 2.45) is 5.41 Å². The number of carbonyl (C=O) groups is 1. The summed E-state index contributed by atoms with van der Waals surface area (Å²) in [5.74, 6) is 0. The number of hydrogen-bond acceptors (Lipinski definition) is 3. The molecular weight excluding hydrogens is 347 g/mol. The summed E-state index contributed by atoms with van der Waals surface area (Å²) in [6.45, 7) is 6.08. The number of hydrogen-bond donors (Lipinski definition) is 1. The third-order valence-electron chi connectivity index (χ3n) is 5.31. The lowest BCUT2D eigenvalue weighted by molar-refractivity contribution is -0.139. The molecule has 1 N–H and O–H groups in total. The van der Waals surface area contributed by atoms with Crippen molar-refractivity contribution < 1.29 is 27.8 Å². The number of aliphatic hydroxyl groups is 1. The number of aliphatic hydroxyl groups excluding tert-OH is 1. The van der Waals surface area contributed by atoms with Crippen molar-refractivity contribution in [3.63, 3.8) is 0 Å². The first kappa shape index (κ1) is 19.0. The van der Waals surface area contributed by atoms with Crippen molar-refractivity contribution in [3.05, 3.63) is 34.9 Å². The number of benzene rings is 1. The normalized spacial score (nSPS) is 22.4. The summed E-state index contributed by atoms with van der Waals surface area (Å²) in [6.07, 6.45) is -4.80. The van der Waals surface area contributed by atoms with E-state index >= 15 is 0 Å². The fourth-order valence-electron chi connectivity index (χ4n) is 4.03. The zero-order valence-electron chi connectivity index (χ0n) is 15.2. The van der Waals surface area contributed by atoms with Crippen molar-refractivity contribution >= 4 is 6.09 Å². The smallest absolute Gasteiger partial charge is 0.416 e. The number of rotatable bonds is 0. The van der Waals surface area contributed by atoms with Crippen LogP contribution in [0.15, 0.2) is 18.2 Å². The lowest BCUT2D eigenvalue weighted by Gasteiger charge is -2.41. The number of fused-ring (bicyclic) bond motifs is 1. The van der Waals surface area contributed by atoms with Crippen LogP contribution in [-0.2, 0) is 17.3 Å². The topological polar surface area (TPSA) is 49.8 Å². The number of amides is 1. The highest BCUT2D eigenvalue weighted by atomic mass is 19.4. The zero-order chi connectivity index (χ0) is 19.3. The van der Waals surface area contributed by atoms with Gasteiger partial charge in [-0.25, -0.2) is 4.79 Å². The van der Waals surface area contributed by atoms with Gasteiger partial charge in [-0.15, -0.1) is 0 Å². The summed E-state index contributed by atoms with van der Waals surface area (Å²) >= 11 is 0. The Bertz CT molecular complexity index is 701. The number of ether oxygens (including phenoxy) is 1. The molecule has 4 nitrogen and oxygen atoms in total. The van der Waals surface area contributed by atoms with Gasteiger partial charge in [0, 0.05) is 18.5 Å². The van der Waals surface area contributed by atoms with Crippen LogP contribution in [-0.4, -0.2) is 34.8 Å². The molecule has 0 bridgehead atoms. The Morgan fingerprint density at radius 2 is 1.85 bits per heavy atom. The van der Waals surface area contributed by atoms with Gasteiger partial charge in [-0.2, -0.15) is 13.2 Å². The van der Waals surface area contributed by atoms with Gasteiger partial charge < -0.3 is 14.7 Å². The average Bonchev–Trinajstić information content (AvgIpc) is 2.78. The predicted molar refractivity (Wildman–Crippen MR) is 89.6 cm³/mol.